The van der Waals surface area contributed by atoms with Crippen LogP contribution in [0.3, 0.4) is 0 Å². The van der Waals surface area contributed by atoms with Crippen molar-refractivity contribution in [3.8, 4) is 0 Å². The first-order chi connectivity index (χ1) is 20.8. The van der Waals surface area contributed by atoms with Gasteiger partial charge >= 0.3 is 0 Å². The molecule has 0 unspecified atom stereocenters. The van der Waals surface area contributed by atoms with Gasteiger partial charge in [-0.15, -0.1) is 0 Å². The predicted octanol–water partition coefficient (Wildman–Crippen LogP) is 6.99. The lowest BCUT2D eigenvalue weighted by Crippen LogP contribution is -2.60. The van der Waals surface area contributed by atoms with Gasteiger partial charge in [0.15, 0.2) is 6.29 Å². The zero-order valence-electron chi connectivity index (χ0n) is 23.4. The van der Waals surface area contributed by atoms with Gasteiger partial charge in [-0.3, -0.25) is 0 Å². The molecule has 0 aromatic heterocycles. The Morgan fingerprint density at radius 3 is 1.48 bits per heavy atom. The Labute approximate surface area is 246 Å². The van der Waals surface area contributed by atoms with Gasteiger partial charge in [-0.2, -0.15) is 0 Å². The molecule has 0 spiro atoms. The molecule has 8 heteroatoms. The molecule has 42 heavy (non-hydrogen) atoms. The summed E-state index contributed by atoms with van der Waals surface area (Å²) in [5.41, 5.74) is 13.6. The quantitative estimate of drug-likeness (QED) is 0.0933. The second-order valence-electron chi connectivity index (χ2n) is 10.1. The van der Waals surface area contributed by atoms with Crippen molar-refractivity contribution in [3.05, 3.63) is 154 Å². The summed E-state index contributed by atoms with van der Waals surface area (Å²) in [5, 5.41) is 4.16. The molecule has 5 atom stereocenters. The summed E-state index contributed by atoms with van der Waals surface area (Å²) in [5.74, 6) is 0. The average Bonchev–Trinajstić information content (AvgIpc) is 3.05. The summed E-state index contributed by atoms with van der Waals surface area (Å²) in [6, 6.07) is 38.8. The summed E-state index contributed by atoms with van der Waals surface area (Å²) in [7, 11) is 0. The lowest BCUT2D eigenvalue weighted by Gasteiger charge is -2.44. The van der Waals surface area contributed by atoms with Crippen LogP contribution in [-0.2, 0) is 50.1 Å². The summed E-state index contributed by atoms with van der Waals surface area (Å²) >= 11 is 0. The largest absolute Gasteiger partial charge is 0.374 e. The molecular formula is C34H35N3O5. The van der Waals surface area contributed by atoms with Gasteiger partial charge in [0.05, 0.1) is 45.2 Å². The molecule has 0 N–H and O–H groups in total. The van der Waals surface area contributed by atoms with Crippen molar-refractivity contribution >= 4 is 0 Å². The van der Waals surface area contributed by atoms with Crippen LogP contribution in [0.4, 0.5) is 0 Å². The molecule has 8 nitrogen and oxygen atoms in total. The van der Waals surface area contributed by atoms with Crippen LogP contribution in [-0.4, -0.2) is 37.3 Å². The van der Waals surface area contributed by atoms with Crippen molar-refractivity contribution in [1.29, 1.82) is 0 Å². The Hall–Kier alpha value is -4.01. The average molecular weight is 566 g/mol. The lowest BCUT2D eigenvalue weighted by atomic mass is 9.96. The number of rotatable bonds is 14. The summed E-state index contributed by atoms with van der Waals surface area (Å²) in [4.78, 5) is 3.17. The third-order valence-corrected chi connectivity index (χ3v) is 7.02. The fourth-order valence-corrected chi connectivity index (χ4v) is 4.88. The van der Waals surface area contributed by atoms with Crippen molar-refractivity contribution in [2.45, 2.75) is 57.1 Å². The fraction of sp³-hybridized carbons (Fsp3) is 0.294. The highest BCUT2D eigenvalue weighted by molar-refractivity contribution is 5.16. The lowest BCUT2D eigenvalue weighted by molar-refractivity contribution is -0.301. The maximum Gasteiger partial charge on any atom is 0.187 e. The molecule has 0 amide bonds. The second-order valence-corrected chi connectivity index (χ2v) is 10.1. The standard InChI is InChI=1S/C34H35N3O5/c35-37-36-31-30(25-38-21-26-13-5-1-6-14-26)42-34(41-24-29-19-11-4-12-20-29)33(40-23-28-17-9-3-10-18-28)32(31)39-22-27-15-7-2-8-16-27/h1-20,30-34H,21-25H2/t30-,31-,32+,33-,34-/m1/s1. The molecule has 0 radical (unpaired) electrons. The van der Waals surface area contributed by atoms with Crippen molar-refractivity contribution in [2.75, 3.05) is 6.61 Å². The number of benzene rings is 4. The minimum absolute atomic E-state index is 0.181. The maximum absolute atomic E-state index is 9.59. The van der Waals surface area contributed by atoms with Gasteiger partial charge in [-0.25, -0.2) is 0 Å². The van der Waals surface area contributed by atoms with E-state index in [4.69, 9.17) is 23.7 Å². The molecule has 1 aliphatic heterocycles. The third-order valence-electron chi connectivity index (χ3n) is 7.02. The van der Waals surface area contributed by atoms with Crippen molar-refractivity contribution in [3.63, 3.8) is 0 Å². The topological polar surface area (TPSA) is 94.9 Å². The number of hydrogen-bond donors (Lipinski definition) is 0. The van der Waals surface area contributed by atoms with E-state index in [1.54, 1.807) is 0 Å². The van der Waals surface area contributed by atoms with Gasteiger partial charge in [0, 0.05) is 4.91 Å². The third kappa shape index (κ3) is 8.50. The highest BCUT2D eigenvalue weighted by Gasteiger charge is 2.48. The summed E-state index contributed by atoms with van der Waals surface area (Å²) in [6.07, 6.45) is -2.77. The number of nitrogens with zero attached hydrogens (tertiary/aromatic N) is 3. The highest BCUT2D eigenvalue weighted by Crippen LogP contribution is 2.31. The van der Waals surface area contributed by atoms with Gasteiger partial charge in [-0.1, -0.05) is 126 Å². The van der Waals surface area contributed by atoms with Crippen molar-refractivity contribution in [1.82, 2.24) is 0 Å². The molecule has 1 fully saturated rings. The molecular weight excluding hydrogens is 530 g/mol. The molecule has 4 aromatic carbocycles. The summed E-state index contributed by atoms with van der Waals surface area (Å²) < 4.78 is 31.9. The van der Waals surface area contributed by atoms with E-state index in [-0.39, 0.29) is 6.61 Å². The maximum atomic E-state index is 9.59. The van der Waals surface area contributed by atoms with E-state index >= 15 is 0 Å². The number of azide groups is 1. The Kier molecular flexibility index (Phi) is 11.1. The Bertz CT molecular complexity index is 1370. The van der Waals surface area contributed by atoms with Crippen LogP contribution in [0.1, 0.15) is 22.3 Å². The smallest absolute Gasteiger partial charge is 0.187 e. The molecule has 1 heterocycles. The van der Waals surface area contributed by atoms with Crippen LogP contribution < -0.4 is 0 Å². The highest BCUT2D eigenvalue weighted by atomic mass is 16.7. The molecule has 1 saturated heterocycles. The van der Waals surface area contributed by atoms with E-state index in [0.717, 1.165) is 22.3 Å². The molecule has 5 rings (SSSR count). The van der Waals surface area contributed by atoms with E-state index in [9.17, 15) is 5.53 Å². The normalized spacial score (nSPS) is 21.9. The fourth-order valence-electron chi connectivity index (χ4n) is 4.88. The minimum atomic E-state index is -0.801. The zero-order valence-corrected chi connectivity index (χ0v) is 23.4. The van der Waals surface area contributed by atoms with Gasteiger partial charge < -0.3 is 23.7 Å². The molecule has 216 valence electrons. The monoisotopic (exact) mass is 565 g/mol. The van der Waals surface area contributed by atoms with Gasteiger partial charge in [0.25, 0.3) is 0 Å². The van der Waals surface area contributed by atoms with E-state index in [1.807, 2.05) is 121 Å². The van der Waals surface area contributed by atoms with Crippen LogP contribution in [0.2, 0.25) is 0 Å². The predicted molar refractivity (Wildman–Crippen MR) is 159 cm³/mol. The van der Waals surface area contributed by atoms with Crippen LogP contribution in [0, 0.1) is 0 Å². The Morgan fingerprint density at radius 1 is 0.571 bits per heavy atom. The summed E-state index contributed by atoms with van der Waals surface area (Å²) in [6.45, 7) is 1.50. The number of ether oxygens (including phenoxy) is 5. The van der Waals surface area contributed by atoms with E-state index < -0.39 is 30.6 Å². The first-order valence-electron chi connectivity index (χ1n) is 14.1. The van der Waals surface area contributed by atoms with Crippen molar-refractivity contribution in [2.24, 2.45) is 5.11 Å². The Morgan fingerprint density at radius 2 is 1.00 bits per heavy atom. The first-order valence-corrected chi connectivity index (χ1v) is 14.1. The van der Waals surface area contributed by atoms with Gasteiger partial charge in [0.1, 0.15) is 12.2 Å². The molecule has 0 aliphatic carbocycles. The van der Waals surface area contributed by atoms with Crippen LogP contribution in [0.15, 0.2) is 126 Å². The minimum Gasteiger partial charge on any atom is -0.374 e. The zero-order chi connectivity index (χ0) is 28.8. The van der Waals surface area contributed by atoms with Crippen LogP contribution >= 0.6 is 0 Å². The molecule has 4 aromatic rings. The first kappa shape index (κ1) is 29.5. The van der Waals surface area contributed by atoms with E-state index in [0.29, 0.717) is 26.4 Å². The van der Waals surface area contributed by atoms with Gasteiger partial charge in [-0.05, 0) is 27.8 Å². The van der Waals surface area contributed by atoms with Crippen LogP contribution in [0.5, 0.6) is 0 Å². The second kappa shape index (κ2) is 15.8. The van der Waals surface area contributed by atoms with E-state index in [1.165, 1.54) is 0 Å². The molecule has 0 saturated carbocycles. The van der Waals surface area contributed by atoms with Crippen LogP contribution in [0.25, 0.3) is 10.4 Å². The van der Waals surface area contributed by atoms with Gasteiger partial charge in [0.2, 0.25) is 0 Å². The Balaban J connectivity index is 1.40. The SMILES string of the molecule is [N-]=[N+]=N[C@H]1[C@H](OCc2ccccc2)[C@@H](OCc2ccccc2)[C@H](OCc2ccccc2)O[C@@H]1COCc1ccccc1. The number of hydrogen-bond acceptors (Lipinski definition) is 6. The molecule has 0 bridgehead atoms. The molecule has 1 aliphatic rings. The van der Waals surface area contributed by atoms with Crippen molar-refractivity contribution < 1.29 is 23.7 Å². The van der Waals surface area contributed by atoms with E-state index in [2.05, 4.69) is 10.0 Å².